The minimum absolute atomic E-state index is 0.0907. The molecule has 0 aliphatic carbocycles. The molecular weight excluding hydrogens is 1670 g/mol. The number of nitrogen functional groups attached to an aromatic ring is 4. The lowest BCUT2D eigenvalue weighted by Gasteiger charge is -2.31. The van der Waals surface area contributed by atoms with E-state index >= 15 is 0 Å². The Bertz CT molecular complexity index is 5740. The molecule has 0 spiro atoms. The number of nitrogens with one attached hydrogen (secondary N) is 4. The molecule has 4 aliphatic heterocycles. The number of nitro groups is 1. The van der Waals surface area contributed by atoms with Crippen molar-refractivity contribution in [1.29, 1.82) is 0 Å². The fraction of sp³-hybridized carbons (Fsp3) is 0.527. The van der Waals surface area contributed by atoms with Crippen LogP contribution in [-0.2, 0) is 104 Å². The molecule has 4 fully saturated rings. The number of anilines is 4. The third-order valence-corrected chi connectivity index (χ3v) is 24.5. The van der Waals surface area contributed by atoms with Crippen molar-refractivity contribution in [2.24, 2.45) is 12.5 Å². The van der Waals surface area contributed by atoms with Gasteiger partial charge in [0.25, 0.3) is 33.9 Å². The van der Waals surface area contributed by atoms with Crippen LogP contribution in [0.3, 0.4) is 0 Å². The number of aromatic nitrogens is 16. The van der Waals surface area contributed by atoms with Gasteiger partial charge in [-0.3, -0.25) is 94.6 Å². The minimum atomic E-state index is -6.46. The molecular formula is C55H73N21O35P5+. The number of H-pyrrole nitrogens is 4. The summed E-state index contributed by atoms with van der Waals surface area (Å²) in [6.45, 7) is -0.667. The first-order chi connectivity index (χ1) is 54.5. The Hall–Kier alpha value is -8.59. The Kier molecular flexibility index (Phi) is 24.0. The highest BCUT2D eigenvalue weighted by molar-refractivity contribution is 7.66. The predicted octanol–water partition coefficient (Wildman–Crippen LogP) is -2.59. The van der Waals surface area contributed by atoms with E-state index in [2.05, 4.69) is 63.4 Å². The zero-order valence-electron chi connectivity index (χ0n) is 60.4. The summed E-state index contributed by atoms with van der Waals surface area (Å²) < 4.78 is 163. The van der Waals surface area contributed by atoms with Crippen LogP contribution < -0.4 is 49.7 Å². The molecule has 12 heterocycles. The molecule has 0 amide bonds. The van der Waals surface area contributed by atoms with E-state index in [4.69, 9.17) is 88.0 Å². The Morgan fingerprint density at radius 3 is 1.43 bits per heavy atom. The van der Waals surface area contributed by atoms with E-state index in [0.29, 0.717) is 0 Å². The summed E-state index contributed by atoms with van der Waals surface area (Å²) in [6, 6.07) is 5.70. The van der Waals surface area contributed by atoms with E-state index in [-0.39, 0.29) is 67.8 Å². The summed E-state index contributed by atoms with van der Waals surface area (Å²) in [5.41, 5.74) is 17.0. The first-order valence-corrected chi connectivity index (χ1v) is 41.1. The number of hydrogen-bond donors (Lipinski definition) is 16. The summed E-state index contributed by atoms with van der Waals surface area (Å²) in [5, 5.41) is 46.1. The molecule has 0 bridgehead atoms. The second-order valence-electron chi connectivity index (χ2n) is 27.0. The van der Waals surface area contributed by atoms with Gasteiger partial charge in [-0.05, 0) is 11.5 Å². The van der Waals surface area contributed by atoms with Crippen molar-refractivity contribution in [1.82, 2.24) is 73.1 Å². The third-order valence-electron chi connectivity index (χ3n) is 18.2. The van der Waals surface area contributed by atoms with E-state index < -0.39 is 221 Å². The highest BCUT2D eigenvalue weighted by Crippen LogP contribution is 2.68. The quantitative estimate of drug-likeness (QED) is 0.00676. The summed E-state index contributed by atoms with van der Waals surface area (Å²) in [6.07, 6.45) is -25.9. The molecule has 4 aliphatic rings. The number of aromatic amines is 4. The number of nitrogens with zero attached hydrogens (tertiary/aromatic N) is 13. The van der Waals surface area contributed by atoms with Crippen LogP contribution in [0.2, 0.25) is 0 Å². The summed E-state index contributed by atoms with van der Waals surface area (Å²) in [7, 11) is -26.8. The van der Waals surface area contributed by atoms with Crippen LogP contribution >= 0.6 is 39.1 Å². The van der Waals surface area contributed by atoms with Gasteiger partial charge in [-0.2, -0.15) is 23.6 Å². The number of para-hydroxylation sites is 1. The van der Waals surface area contributed by atoms with Gasteiger partial charge in [-0.1, -0.05) is 37.9 Å². The normalized spacial score (nSPS) is 28.2. The maximum atomic E-state index is 14.6. The lowest BCUT2D eigenvalue weighted by molar-refractivity contribution is -0.746. The molecule has 10 unspecified atom stereocenters. The molecule has 22 atom stereocenters. The van der Waals surface area contributed by atoms with Gasteiger partial charge in [-0.25, -0.2) is 42.3 Å². The maximum Gasteiger partial charge on any atom is 0.490 e. The number of methoxy groups -OCH3 is 2. The first kappa shape index (κ1) is 85.3. The number of aliphatic hydroxyl groups is 3. The molecule has 1 aromatic carbocycles. The molecule has 61 heteroatoms. The van der Waals surface area contributed by atoms with Gasteiger partial charge in [0.15, 0.2) is 58.5 Å². The zero-order valence-corrected chi connectivity index (χ0v) is 64.9. The zero-order chi connectivity index (χ0) is 84.0. The molecule has 0 saturated carbocycles. The number of nitrogens with two attached hydrogens (primary N) is 4. The second-order valence-corrected chi connectivity index (χ2v) is 34.5. The number of rotatable bonds is 32. The van der Waals surface area contributed by atoms with Gasteiger partial charge in [0, 0.05) is 20.3 Å². The number of imidazole rings is 4. The molecule has 0 radical (unpaired) electrons. The molecule has 20 N–H and O–H groups in total. The van der Waals surface area contributed by atoms with Crippen LogP contribution in [0.5, 0.6) is 0 Å². The lowest BCUT2D eigenvalue weighted by atomic mass is 9.84. The van der Waals surface area contributed by atoms with E-state index in [1.54, 1.807) is 26.8 Å². The van der Waals surface area contributed by atoms with E-state index in [1.165, 1.54) is 40.7 Å². The van der Waals surface area contributed by atoms with Crippen molar-refractivity contribution in [3.63, 3.8) is 0 Å². The molecule has 632 valence electrons. The number of phosphoric ester groups is 4. The van der Waals surface area contributed by atoms with Crippen molar-refractivity contribution in [3.8, 4) is 0 Å². The largest absolute Gasteiger partial charge is 0.490 e. The highest BCUT2D eigenvalue weighted by Gasteiger charge is 2.57. The van der Waals surface area contributed by atoms with Crippen molar-refractivity contribution >= 4 is 113 Å². The fourth-order valence-electron chi connectivity index (χ4n) is 13.3. The Labute approximate surface area is 644 Å². The molecule has 8 aromatic heterocycles. The summed E-state index contributed by atoms with van der Waals surface area (Å²) in [4.78, 5) is 156. The highest BCUT2D eigenvalue weighted by atomic mass is 31.3. The van der Waals surface area contributed by atoms with Crippen LogP contribution in [0.1, 0.15) is 57.4 Å². The summed E-state index contributed by atoms with van der Waals surface area (Å²) in [5.74, 6) is -1.65. The van der Waals surface area contributed by atoms with Crippen molar-refractivity contribution in [2.75, 3.05) is 70.4 Å². The van der Waals surface area contributed by atoms with Gasteiger partial charge >= 0.3 is 44.8 Å². The van der Waals surface area contributed by atoms with Crippen molar-refractivity contribution in [3.05, 3.63) is 107 Å². The van der Waals surface area contributed by atoms with Crippen LogP contribution in [0.25, 0.3) is 44.7 Å². The number of aliphatic hydroxyl groups excluding tert-OH is 3. The molecule has 56 nitrogen and oxygen atoms in total. The molecule has 4 saturated heterocycles. The first-order valence-electron chi connectivity index (χ1n) is 33.6. The number of nitro benzene ring substituents is 1. The monoisotopic (exact) mass is 1740 g/mol. The van der Waals surface area contributed by atoms with Gasteiger partial charge in [-0.15, -0.1) is 0 Å². The Morgan fingerprint density at radius 1 is 0.560 bits per heavy atom. The summed E-state index contributed by atoms with van der Waals surface area (Å²) >= 11 is 0. The lowest BCUT2D eigenvalue weighted by Crippen LogP contribution is -2.47. The smallest absolute Gasteiger partial charge is 0.387 e. The van der Waals surface area contributed by atoms with Gasteiger partial charge in [0.05, 0.1) is 69.0 Å². The SMILES string of the molecule is COC1[C@@H](OP(=O)(O)OC[C@H]2O[C@@H](n3cnc4c(=O)[nH]c(N)nc43)C(O)[C@H]2O)[C@@H](COP(=O)(O)O[C@@H]2C(OC)[C@H](n3cnc4c(=O)[nH]c(N)nc43)O[C@@H]2COP(=O)(O)OP(=O)(O)OP(=O)(O)OC[C@H]2O[C@@H]([n+]3cn(C)c4c(=O)[nH]c(N)nc43)C(OCOC(c3ccccc3[N+](=O)[O-])C(C)(C)C)[C@H]2O)O[C@H]1n1cnc2c(=O)[nH]c(N)nc21. The third kappa shape index (κ3) is 17.6. The number of hydrogen-bond acceptors (Lipinski definition) is 41. The average molecular weight is 1740 g/mol. The molecule has 116 heavy (non-hydrogen) atoms. The number of phosphoric acid groups is 5. The predicted molar refractivity (Wildman–Crippen MR) is 380 cm³/mol. The number of ether oxygens (including phenoxy) is 8. The molecule has 9 aromatic rings. The standard InChI is InChI=1S/C55H72N21O35P5/c1-55(2,3)38(20-9-7-8-10-21(20)76(84)85)99-19-98-35-31(78)23(105-48(35)75-18-71(4)29-42(75)66-54(59)70-46(29)83)12-102-114(90,91)110-116(94,95)111-115(92,93)103-14-25-34(37(97-6)50(107-25)74-17-62-28-41(74)65-53(58)69-45(28)82)109-113(88,89)101-13-24-33(36(96-5)49(106-24)73-16-61-27-40(73)64-52(57)68-44(27)81)108-112(86,87)100-11-22-30(77)32(79)47(104-22)72-15-60-26-39(72)63-51(56)67-43(26)80/h7-10,15-18,22-25,30-38,47-50,77-79H,11-14,19H2,1-6H3,(H16-,56,57,58,59,63,64,65,66,67,68,69,70,80,81,82,83,86,87,88,89,90,91,92,93,94,95)/p+1/t22-,23-,24-,25-,30+,31+,32?,33+,34+,35?,36?,37?,38?,47-,48-,49-,50-/m1/s1. The number of benzene rings is 1. The van der Waals surface area contributed by atoms with Gasteiger partial charge in [0.2, 0.25) is 29.6 Å². The second kappa shape index (κ2) is 32.6. The van der Waals surface area contributed by atoms with Crippen LogP contribution in [0, 0.1) is 15.5 Å². The van der Waals surface area contributed by atoms with Crippen LogP contribution in [-0.4, -0.2) is 238 Å². The van der Waals surface area contributed by atoms with Crippen molar-refractivity contribution in [2.45, 2.75) is 125 Å². The van der Waals surface area contributed by atoms with Crippen LogP contribution in [0.4, 0.5) is 29.5 Å². The maximum absolute atomic E-state index is 14.6. The van der Waals surface area contributed by atoms with Crippen molar-refractivity contribution < 1.29 is 146 Å². The van der Waals surface area contributed by atoms with E-state index in [0.717, 1.165) is 46.9 Å². The van der Waals surface area contributed by atoms with E-state index in [9.17, 15) is 91.9 Å². The number of fused-ring (bicyclic) bond motifs is 4. The fourth-order valence-corrected chi connectivity index (χ4v) is 18.8. The average Bonchev–Trinajstić information content (AvgIpc) is 1.56. The Balaban J connectivity index is 0.709. The van der Waals surface area contributed by atoms with Crippen LogP contribution in [0.15, 0.2) is 68.8 Å². The molecule has 13 rings (SSSR count). The Morgan fingerprint density at radius 2 is 0.974 bits per heavy atom. The van der Waals surface area contributed by atoms with Gasteiger partial charge in [0.1, 0.15) is 80.0 Å². The topological polar surface area (TPSA) is 787 Å². The van der Waals surface area contributed by atoms with Gasteiger partial charge < -0.3 is 101 Å². The number of aryl methyl sites for hydroxylation is 1. The minimum Gasteiger partial charge on any atom is -0.387 e. The van der Waals surface area contributed by atoms with E-state index in [1.807, 2.05) is 0 Å².